The molecule has 0 aliphatic heterocycles. The molecule has 0 heterocycles. The number of carboxylic acid groups (broad SMARTS) is 2. The number of benzene rings is 1. The number of rotatable bonds is 13. The summed E-state index contributed by atoms with van der Waals surface area (Å²) in [4.78, 5) is 34.9. The first-order valence-corrected chi connectivity index (χ1v) is 10.5. The second kappa shape index (κ2) is 16.5. The maximum absolute atomic E-state index is 12.1. The number of ether oxygens (including phenoxy) is 1. The van der Waals surface area contributed by atoms with E-state index in [9.17, 15) is 29.7 Å². The number of hydrogen-bond acceptors (Lipinski definition) is 8. The van der Waals surface area contributed by atoms with Gasteiger partial charge in [-0.1, -0.05) is 44.2 Å². The van der Waals surface area contributed by atoms with Gasteiger partial charge in [0.2, 0.25) is 0 Å². The Morgan fingerprint density at radius 2 is 1.74 bits per heavy atom. The van der Waals surface area contributed by atoms with Crippen LogP contribution in [-0.4, -0.2) is 45.7 Å². The van der Waals surface area contributed by atoms with Gasteiger partial charge in [0.1, 0.15) is 6.10 Å². The largest absolute Gasteiger partial charge is 1.00 e. The van der Waals surface area contributed by atoms with Crippen molar-refractivity contribution < 1.29 is 93.6 Å². The first kappa shape index (κ1) is 33.1. The summed E-state index contributed by atoms with van der Waals surface area (Å²) < 4.78 is 3.33. The van der Waals surface area contributed by atoms with Gasteiger partial charge in [-0.2, -0.15) is 0 Å². The molecule has 10 heteroatoms. The molecule has 1 N–H and O–H groups in total. The Morgan fingerprint density at radius 1 is 1.16 bits per heavy atom. The molecular weight excluding hydrogens is 442 g/mol. The molecule has 0 aliphatic carbocycles. The van der Waals surface area contributed by atoms with E-state index in [1.807, 2.05) is 37.3 Å². The first-order valence-electron chi connectivity index (χ1n) is 9.55. The number of carboxylic acids is 2. The number of thioether (sulfide) groups is 1. The smallest absolute Gasteiger partial charge is 0.550 e. The zero-order valence-electron chi connectivity index (χ0n) is 19.0. The van der Waals surface area contributed by atoms with Crippen molar-refractivity contribution in [1.82, 2.24) is 0 Å². The molecule has 31 heavy (non-hydrogen) atoms. The molecule has 162 valence electrons. The van der Waals surface area contributed by atoms with Gasteiger partial charge >= 0.3 is 65.1 Å². The molecule has 0 saturated carbocycles. The minimum Gasteiger partial charge on any atom is -0.550 e. The SMILES string of the molecule is CCC(O)CC(CC(CC(=O)[O-])(SCC(C)c1ccccc1)C(=O)[O-])OC(C)=O.[Na+].[Na+]. The molecule has 7 nitrogen and oxygen atoms in total. The Morgan fingerprint density at radius 3 is 2.19 bits per heavy atom. The fourth-order valence-corrected chi connectivity index (χ4v) is 4.44. The number of carbonyl (C=O) groups is 3. The standard InChI is InChI=1S/C21H30O7S.2Na/c1-4-17(23)10-18(28-15(3)22)11-21(20(26)27,12-19(24)25)29-13-14(2)16-8-6-5-7-9-16;;/h5-9,14,17-18,23H,4,10-13H2,1-3H3,(H,24,25)(H,26,27);;/q;2*+1/p-2. The second-order valence-electron chi connectivity index (χ2n) is 7.19. The summed E-state index contributed by atoms with van der Waals surface area (Å²) in [5.74, 6) is -3.47. The number of carbonyl (C=O) groups excluding carboxylic acids is 3. The van der Waals surface area contributed by atoms with Crippen molar-refractivity contribution in [2.75, 3.05) is 5.75 Å². The van der Waals surface area contributed by atoms with Gasteiger partial charge in [-0.15, -0.1) is 11.8 Å². The molecule has 0 aromatic heterocycles. The van der Waals surface area contributed by atoms with Crippen molar-refractivity contribution >= 4 is 29.7 Å². The van der Waals surface area contributed by atoms with Gasteiger partial charge in [0, 0.05) is 37.9 Å². The van der Waals surface area contributed by atoms with Gasteiger partial charge in [0.15, 0.2) is 0 Å². The van der Waals surface area contributed by atoms with Crippen molar-refractivity contribution in [3.8, 4) is 0 Å². The van der Waals surface area contributed by atoms with Gasteiger partial charge in [-0.25, -0.2) is 0 Å². The van der Waals surface area contributed by atoms with Crippen LogP contribution in [-0.2, 0) is 19.1 Å². The molecule has 0 aliphatic rings. The average molecular weight is 470 g/mol. The van der Waals surface area contributed by atoms with Gasteiger partial charge in [0.05, 0.1) is 16.8 Å². The van der Waals surface area contributed by atoms with E-state index in [2.05, 4.69) is 0 Å². The molecule has 0 saturated heterocycles. The van der Waals surface area contributed by atoms with Crippen LogP contribution in [0.2, 0.25) is 0 Å². The van der Waals surface area contributed by atoms with E-state index in [0.717, 1.165) is 17.3 Å². The third kappa shape index (κ3) is 12.1. The van der Waals surface area contributed by atoms with Crippen LogP contribution in [0.15, 0.2) is 30.3 Å². The number of aliphatic hydroxyl groups is 1. The van der Waals surface area contributed by atoms with Crippen LogP contribution < -0.4 is 69.3 Å². The van der Waals surface area contributed by atoms with E-state index < -0.39 is 41.3 Å². The van der Waals surface area contributed by atoms with E-state index in [1.165, 1.54) is 6.92 Å². The van der Waals surface area contributed by atoms with Crippen LogP contribution in [0.3, 0.4) is 0 Å². The third-order valence-corrected chi connectivity index (χ3v) is 6.37. The summed E-state index contributed by atoms with van der Waals surface area (Å²) in [6.07, 6.45) is -2.47. The van der Waals surface area contributed by atoms with E-state index in [1.54, 1.807) is 6.92 Å². The maximum atomic E-state index is 12.1. The molecule has 0 bridgehead atoms. The Labute approximate surface area is 232 Å². The van der Waals surface area contributed by atoms with Gasteiger partial charge in [0.25, 0.3) is 0 Å². The van der Waals surface area contributed by atoms with Crippen LogP contribution in [0.5, 0.6) is 0 Å². The fraction of sp³-hybridized carbons (Fsp3) is 0.571. The molecule has 1 aromatic rings. The minimum atomic E-state index is -1.85. The zero-order chi connectivity index (χ0) is 22.0. The molecule has 0 fully saturated rings. The van der Waals surface area contributed by atoms with Crippen LogP contribution in [0, 0.1) is 0 Å². The summed E-state index contributed by atoms with van der Waals surface area (Å²) >= 11 is 0.943. The second-order valence-corrected chi connectivity index (χ2v) is 8.59. The summed E-state index contributed by atoms with van der Waals surface area (Å²) in [6, 6.07) is 9.42. The quantitative estimate of drug-likeness (QED) is 0.224. The summed E-state index contributed by atoms with van der Waals surface area (Å²) in [7, 11) is 0. The number of aliphatic hydroxyl groups excluding tert-OH is 1. The maximum Gasteiger partial charge on any atom is 1.00 e. The number of esters is 1. The normalized spacial score (nSPS) is 15.2. The van der Waals surface area contributed by atoms with Gasteiger partial charge < -0.3 is 29.6 Å². The molecular formula is C21H28Na2O7S. The molecule has 0 amide bonds. The minimum absolute atomic E-state index is 0. The molecule has 1 rings (SSSR count). The van der Waals surface area contributed by atoms with E-state index in [0.29, 0.717) is 12.2 Å². The summed E-state index contributed by atoms with van der Waals surface area (Å²) in [6.45, 7) is 4.82. The Kier molecular flexibility index (Phi) is 17.7. The summed E-state index contributed by atoms with van der Waals surface area (Å²) in [5.41, 5.74) is 0.985. The Hall–Kier alpha value is -0.0600. The molecule has 0 spiro atoms. The molecule has 0 radical (unpaired) electrons. The van der Waals surface area contributed by atoms with Crippen molar-refractivity contribution in [1.29, 1.82) is 0 Å². The molecule has 1 aromatic carbocycles. The monoisotopic (exact) mass is 470 g/mol. The number of hydrogen-bond donors (Lipinski definition) is 1. The van der Waals surface area contributed by atoms with Crippen molar-refractivity contribution in [2.24, 2.45) is 0 Å². The summed E-state index contributed by atoms with van der Waals surface area (Å²) in [5, 5.41) is 33.3. The predicted octanol–water partition coefficient (Wildman–Crippen LogP) is -5.36. The molecule has 4 atom stereocenters. The van der Waals surface area contributed by atoms with Gasteiger partial charge in [-0.05, 0) is 17.9 Å². The van der Waals surface area contributed by atoms with Crippen LogP contribution in [0.1, 0.15) is 57.9 Å². The van der Waals surface area contributed by atoms with Crippen molar-refractivity contribution in [3.63, 3.8) is 0 Å². The van der Waals surface area contributed by atoms with Crippen molar-refractivity contribution in [2.45, 2.75) is 69.3 Å². The van der Waals surface area contributed by atoms with Gasteiger partial charge in [-0.3, -0.25) is 4.79 Å². The molecule has 4 unspecified atom stereocenters. The Bertz CT molecular complexity index is 690. The van der Waals surface area contributed by atoms with E-state index in [4.69, 9.17) is 4.74 Å². The fourth-order valence-electron chi connectivity index (χ4n) is 3.04. The van der Waals surface area contributed by atoms with Crippen molar-refractivity contribution in [3.05, 3.63) is 35.9 Å². The van der Waals surface area contributed by atoms with E-state index >= 15 is 0 Å². The third-order valence-electron chi connectivity index (χ3n) is 4.68. The number of aliphatic carboxylic acids is 2. The predicted molar refractivity (Wildman–Crippen MR) is 106 cm³/mol. The topological polar surface area (TPSA) is 127 Å². The zero-order valence-corrected chi connectivity index (χ0v) is 23.8. The van der Waals surface area contributed by atoms with Crippen LogP contribution >= 0.6 is 11.8 Å². The van der Waals surface area contributed by atoms with Crippen LogP contribution in [0.4, 0.5) is 0 Å². The van der Waals surface area contributed by atoms with Crippen LogP contribution in [0.25, 0.3) is 0 Å². The average Bonchev–Trinajstić information content (AvgIpc) is 2.65. The first-order chi connectivity index (χ1) is 13.6. The van der Waals surface area contributed by atoms with E-state index in [-0.39, 0.29) is 77.9 Å². The Balaban J connectivity index is 0.